The van der Waals surface area contributed by atoms with Crippen molar-refractivity contribution in [2.75, 3.05) is 0 Å². The summed E-state index contributed by atoms with van der Waals surface area (Å²) in [5.74, 6) is 0.821. The van der Waals surface area contributed by atoms with E-state index in [2.05, 4.69) is 208 Å². The van der Waals surface area contributed by atoms with Gasteiger partial charge in [-0.05, 0) is 87.0 Å². The summed E-state index contributed by atoms with van der Waals surface area (Å²) >= 11 is 0. The molecule has 0 spiro atoms. The molecule has 0 saturated carbocycles. The maximum atomic E-state index is 6.67. The minimum absolute atomic E-state index is 0. The Bertz CT molecular complexity index is 3080. The van der Waals surface area contributed by atoms with Crippen molar-refractivity contribution in [2.45, 2.75) is 100 Å². The molecule has 335 valence electrons. The number of pyridine rings is 1. The van der Waals surface area contributed by atoms with Crippen LogP contribution in [0.25, 0.3) is 72.4 Å². The van der Waals surface area contributed by atoms with Crippen molar-refractivity contribution >= 4 is 46.2 Å². The Balaban J connectivity index is 0.000000242. The summed E-state index contributed by atoms with van der Waals surface area (Å²) in [7, 11) is -1.37. The molecule has 0 aliphatic carbocycles. The van der Waals surface area contributed by atoms with Crippen LogP contribution in [0.2, 0.25) is 19.6 Å². The van der Waals surface area contributed by atoms with E-state index in [0.29, 0.717) is 0 Å². The average molecular weight is 1050 g/mol. The van der Waals surface area contributed by atoms with E-state index in [1.54, 1.807) is 0 Å². The number of para-hydroxylation sites is 2. The maximum absolute atomic E-state index is 6.67. The molecule has 65 heavy (non-hydrogen) atoms. The fourth-order valence-electron chi connectivity index (χ4n) is 8.75. The van der Waals surface area contributed by atoms with Gasteiger partial charge in [0, 0.05) is 42.9 Å². The summed E-state index contributed by atoms with van der Waals surface area (Å²) in [6.45, 7) is 27.7. The normalized spacial score (nSPS) is 12.3. The van der Waals surface area contributed by atoms with Gasteiger partial charge in [0.15, 0.2) is 0 Å². The third-order valence-electron chi connectivity index (χ3n) is 11.7. The first-order valence-electron chi connectivity index (χ1n) is 22.7. The molecule has 9 aromatic rings. The molecule has 0 aliphatic heterocycles. The SMILES string of the molecule is CC(C)(C)Cc1cc(-c2[c-]cccc2)ncc1[Si](C)(C)C.CC(C)(C)Cc1ccc2c(c1)oc1c(-c3nc4ccccc4n3-c3ccc(C(C)(C)C)cc3-c3ccccc3)[c-]ccc12.[Ir]. The number of benzene rings is 6. The number of hydrogen-bond acceptors (Lipinski definition) is 3. The fourth-order valence-corrected chi connectivity index (χ4v) is 10.3. The molecule has 0 atom stereocenters. The van der Waals surface area contributed by atoms with Crippen LogP contribution in [0.4, 0.5) is 0 Å². The average Bonchev–Trinajstić information content (AvgIpc) is 3.81. The standard InChI is InChI=1S/C40H37N2O.C19H26NSi.Ir/c1-39(2,3)25-26-19-21-29-30-15-12-16-31(37(30)43-36(29)23-26)38-41-33-17-10-11-18-35(33)42(38)34-22-20-28(40(4,5)6)24-32(34)27-13-8-7-9-14-27;1-19(2,3)13-16-12-17(15-10-8-7-9-11-15)20-14-18(16)21(4,5)6;/h7-15,17-24H,25H2,1-6H3;7-10,12,14H,13H2,1-6H3;/q2*-1;. The Morgan fingerprint density at radius 1 is 0.662 bits per heavy atom. The van der Waals surface area contributed by atoms with Gasteiger partial charge in [-0.1, -0.05) is 165 Å². The summed E-state index contributed by atoms with van der Waals surface area (Å²) in [6.07, 6.45) is 4.19. The van der Waals surface area contributed by atoms with Gasteiger partial charge in [0.25, 0.3) is 0 Å². The van der Waals surface area contributed by atoms with Gasteiger partial charge in [0.1, 0.15) is 5.58 Å². The van der Waals surface area contributed by atoms with Crippen molar-refractivity contribution in [3.63, 3.8) is 0 Å². The van der Waals surface area contributed by atoms with E-state index in [-0.39, 0.29) is 36.4 Å². The van der Waals surface area contributed by atoms with Crippen LogP contribution in [0.15, 0.2) is 144 Å². The van der Waals surface area contributed by atoms with Gasteiger partial charge < -0.3 is 14.0 Å². The van der Waals surface area contributed by atoms with E-state index in [9.17, 15) is 0 Å². The first kappa shape index (κ1) is 47.6. The molecule has 0 bridgehead atoms. The minimum Gasteiger partial charge on any atom is -0.501 e. The van der Waals surface area contributed by atoms with E-state index < -0.39 is 8.07 Å². The van der Waals surface area contributed by atoms with Crippen molar-refractivity contribution in [1.82, 2.24) is 14.5 Å². The minimum atomic E-state index is -1.37. The second-order valence-electron chi connectivity index (χ2n) is 21.9. The number of furan rings is 1. The monoisotopic (exact) mass is 1050 g/mol. The van der Waals surface area contributed by atoms with Crippen LogP contribution in [-0.2, 0) is 38.4 Å². The van der Waals surface area contributed by atoms with Crippen molar-refractivity contribution in [3.8, 4) is 39.5 Å². The third-order valence-corrected chi connectivity index (χ3v) is 13.8. The van der Waals surface area contributed by atoms with Gasteiger partial charge in [0.2, 0.25) is 0 Å². The molecule has 3 aromatic heterocycles. The van der Waals surface area contributed by atoms with Gasteiger partial charge in [-0.2, -0.15) is 0 Å². The summed E-state index contributed by atoms with van der Waals surface area (Å²) in [4.78, 5) is 9.93. The molecule has 4 nitrogen and oxygen atoms in total. The smallest absolute Gasteiger partial charge is 0.121 e. The van der Waals surface area contributed by atoms with Crippen LogP contribution < -0.4 is 5.19 Å². The number of imidazole rings is 1. The molecule has 0 amide bonds. The summed E-state index contributed by atoms with van der Waals surface area (Å²) in [5, 5.41) is 3.68. The van der Waals surface area contributed by atoms with E-state index in [4.69, 9.17) is 14.4 Å². The molecule has 6 aromatic carbocycles. The topological polar surface area (TPSA) is 43.9 Å². The zero-order valence-electron chi connectivity index (χ0n) is 40.3. The summed E-state index contributed by atoms with van der Waals surface area (Å²) in [6, 6.07) is 53.8. The fraction of sp³-hybridized carbons (Fsp3) is 0.288. The molecule has 6 heteroatoms. The van der Waals surface area contributed by atoms with Gasteiger partial charge in [-0.15, -0.1) is 54.1 Å². The zero-order valence-corrected chi connectivity index (χ0v) is 43.7. The third kappa shape index (κ3) is 10.7. The first-order valence-corrected chi connectivity index (χ1v) is 26.2. The predicted molar refractivity (Wildman–Crippen MR) is 275 cm³/mol. The Labute approximate surface area is 401 Å². The number of nitrogens with zero attached hydrogens (tertiary/aromatic N) is 3. The van der Waals surface area contributed by atoms with E-state index >= 15 is 0 Å². The van der Waals surface area contributed by atoms with Gasteiger partial charge in [-0.25, -0.2) is 0 Å². The van der Waals surface area contributed by atoms with Crippen LogP contribution >= 0.6 is 0 Å². The van der Waals surface area contributed by atoms with E-state index in [1.165, 1.54) is 33.0 Å². The van der Waals surface area contributed by atoms with Crippen LogP contribution in [0.3, 0.4) is 0 Å². The molecule has 3 heterocycles. The molecule has 0 unspecified atom stereocenters. The zero-order chi connectivity index (χ0) is 45.6. The molecular weight excluding hydrogens is 987 g/mol. The molecule has 9 rings (SSSR count). The predicted octanol–water partition coefficient (Wildman–Crippen LogP) is 15.6. The second kappa shape index (κ2) is 18.5. The molecule has 0 N–H and O–H groups in total. The Kier molecular flexibility index (Phi) is 13.5. The first-order chi connectivity index (χ1) is 30.2. The van der Waals surface area contributed by atoms with Crippen LogP contribution in [0.1, 0.15) is 79.0 Å². The molecular formula is C59H63IrN3OSi-2. The number of aromatic nitrogens is 3. The summed E-state index contributed by atoms with van der Waals surface area (Å²) < 4.78 is 8.96. The number of rotatable bonds is 7. The molecule has 0 saturated heterocycles. The van der Waals surface area contributed by atoms with Crippen molar-refractivity contribution < 1.29 is 24.5 Å². The largest absolute Gasteiger partial charge is 0.501 e. The van der Waals surface area contributed by atoms with E-state index in [0.717, 1.165) is 74.1 Å². The van der Waals surface area contributed by atoms with Gasteiger partial charge >= 0.3 is 0 Å². The van der Waals surface area contributed by atoms with Gasteiger partial charge in [-0.3, -0.25) is 4.98 Å². The summed E-state index contributed by atoms with van der Waals surface area (Å²) in [5.41, 5.74) is 14.6. The van der Waals surface area contributed by atoms with Crippen molar-refractivity contribution in [1.29, 1.82) is 0 Å². The van der Waals surface area contributed by atoms with E-state index in [1.807, 2.05) is 30.3 Å². The van der Waals surface area contributed by atoms with Crippen molar-refractivity contribution in [3.05, 3.63) is 168 Å². The second-order valence-corrected chi connectivity index (χ2v) is 26.9. The molecule has 0 fully saturated rings. The Hall–Kier alpha value is -5.39. The van der Waals surface area contributed by atoms with Crippen LogP contribution in [-0.4, -0.2) is 22.6 Å². The molecule has 1 radical (unpaired) electrons. The van der Waals surface area contributed by atoms with Crippen LogP contribution in [0, 0.1) is 23.0 Å². The Morgan fingerprint density at radius 2 is 1.37 bits per heavy atom. The number of hydrogen-bond donors (Lipinski definition) is 0. The van der Waals surface area contributed by atoms with Crippen LogP contribution in [0.5, 0.6) is 0 Å². The molecule has 0 aliphatic rings. The maximum Gasteiger partial charge on any atom is 0.121 e. The van der Waals surface area contributed by atoms with Crippen molar-refractivity contribution in [2.24, 2.45) is 10.8 Å². The number of fused-ring (bicyclic) bond motifs is 4. The van der Waals surface area contributed by atoms with Gasteiger partial charge in [0.05, 0.1) is 30.5 Å². The quantitative estimate of drug-likeness (QED) is 0.118. The Morgan fingerprint density at radius 3 is 2.05 bits per heavy atom.